The van der Waals surface area contributed by atoms with Crippen LogP contribution < -0.4 is 10.6 Å². The number of likely N-dealkylation sites (tertiary alicyclic amines) is 1. The van der Waals surface area contributed by atoms with E-state index in [2.05, 4.69) is 21.5 Å². The zero-order chi connectivity index (χ0) is 14.6. The van der Waals surface area contributed by atoms with E-state index in [1.165, 1.54) is 6.42 Å². The van der Waals surface area contributed by atoms with Crippen LogP contribution in [0.2, 0.25) is 0 Å². The Hall–Kier alpha value is -0.970. The first-order chi connectivity index (χ1) is 9.77. The van der Waals surface area contributed by atoms with Gasteiger partial charge in [-0.3, -0.25) is 9.79 Å². The first-order valence-electron chi connectivity index (χ1n) is 7.51. The van der Waals surface area contributed by atoms with Crippen LogP contribution in [0.15, 0.2) is 4.99 Å². The third kappa shape index (κ3) is 8.81. The molecule has 2 N–H and O–H groups in total. The Bertz CT molecular complexity index is 365. The summed E-state index contributed by atoms with van der Waals surface area (Å²) in [5.41, 5.74) is 0. The lowest BCUT2D eigenvalue weighted by Gasteiger charge is -2.19. The van der Waals surface area contributed by atoms with Crippen molar-refractivity contribution in [2.75, 3.05) is 32.7 Å². The van der Waals surface area contributed by atoms with Crippen LogP contribution >= 0.6 is 24.0 Å². The van der Waals surface area contributed by atoms with Crippen molar-refractivity contribution in [2.24, 2.45) is 4.99 Å². The number of carbonyl (C=O) groups excluding carboxylic acids is 1. The Kier molecular flexibility index (Phi) is 12.2. The molecule has 0 atom stereocenters. The van der Waals surface area contributed by atoms with Crippen LogP contribution in [0.4, 0.5) is 0 Å². The van der Waals surface area contributed by atoms with Crippen LogP contribution in [0.5, 0.6) is 0 Å². The van der Waals surface area contributed by atoms with Gasteiger partial charge < -0.3 is 15.5 Å². The van der Waals surface area contributed by atoms with Crippen LogP contribution in [0.3, 0.4) is 0 Å². The molecule has 1 amide bonds. The maximum Gasteiger partial charge on any atom is 0.222 e. The summed E-state index contributed by atoms with van der Waals surface area (Å²) in [6.45, 7) is 5.69. The van der Waals surface area contributed by atoms with Crippen molar-refractivity contribution in [2.45, 2.75) is 39.0 Å². The molecule has 120 valence electrons. The first kappa shape index (κ1) is 20.0. The Balaban J connectivity index is 0.00000400. The zero-order valence-corrected chi connectivity index (χ0v) is 15.2. The van der Waals surface area contributed by atoms with Gasteiger partial charge in [0.15, 0.2) is 5.96 Å². The van der Waals surface area contributed by atoms with Gasteiger partial charge in [-0.2, -0.15) is 0 Å². The molecule has 1 fully saturated rings. The highest BCUT2D eigenvalue weighted by atomic mass is 127. The number of nitrogens with zero attached hydrogens (tertiary/aromatic N) is 2. The van der Waals surface area contributed by atoms with E-state index in [1.807, 2.05) is 11.8 Å². The fourth-order valence-corrected chi connectivity index (χ4v) is 2.20. The second-order valence-corrected chi connectivity index (χ2v) is 4.86. The minimum absolute atomic E-state index is 0. The fourth-order valence-electron chi connectivity index (χ4n) is 2.20. The number of nitrogens with one attached hydrogen (secondary N) is 2. The average Bonchev–Trinajstić information content (AvgIpc) is 2.65. The minimum atomic E-state index is 0. The van der Waals surface area contributed by atoms with Gasteiger partial charge in [-0.15, -0.1) is 30.4 Å². The molecule has 1 aliphatic heterocycles. The summed E-state index contributed by atoms with van der Waals surface area (Å²) < 4.78 is 0. The maximum absolute atomic E-state index is 11.8. The van der Waals surface area contributed by atoms with Crippen LogP contribution in [-0.2, 0) is 4.79 Å². The number of aliphatic imine (C=N–C) groups is 1. The lowest BCUT2D eigenvalue weighted by molar-refractivity contribution is -0.130. The molecular formula is C15H27IN4O. The molecular weight excluding hydrogens is 379 g/mol. The lowest BCUT2D eigenvalue weighted by atomic mass is 10.2. The molecule has 5 nitrogen and oxygen atoms in total. The highest BCUT2D eigenvalue weighted by molar-refractivity contribution is 14.0. The van der Waals surface area contributed by atoms with E-state index in [9.17, 15) is 4.79 Å². The highest BCUT2D eigenvalue weighted by Crippen LogP contribution is 2.11. The van der Waals surface area contributed by atoms with Gasteiger partial charge >= 0.3 is 0 Å². The molecule has 0 radical (unpaired) electrons. The highest BCUT2D eigenvalue weighted by Gasteiger charge is 2.15. The van der Waals surface area contributed by atoms with Crippen LogP contribution in [-0.4, -0.2) is 49.5 Å². The molecule has 0 unspecified atom stereocenters. The molecule has 0 aromatic heterocycles. The van der Waals surface area contributed by atoms with Crippen molar-refractivity contribution in [3.8, 4) is 12.3 Å². The second-order valence-electron chi connectivity index (χ2n) is 4.86. The monoisotopic (exact) mass is 406 g/mol. The SMILES string of the molecule is C#CCNC(=NCCCN1CCCCCC1=O)NCC.I. The maximum atomic E-state index is 11.8. The predicted octanol–water partition coefficient (Wildman–Crippen LogP) is 1.59. The summed E-state index contributed by atoms with van der Waals surface area (Å²) in [7, 11) is 0. The van der Waals surface area contributed by atoms with Crippen molar-refractivity contribution < 1.29 is 4.79 Å². The molecule has 0 aromatic rings. The third-order valence-electron chi connectivity index (χ3n) is 3.23. The van der Waals surface area contributed by atoms with Crippen molar-refractivity contribution in [3.63, 3.8) is 0 Å². The smallest absolute Gasteiger partial charge is 0.222 e. The van der Waals surface area contributed by atoms with E-state index in [4.69, 9.17) is 6.42 Å². The minimum Gasteiger partial charge on any atom is -0.357 e. The van der Waals surface area contributed by atoms with E-state index in [-0.39, 0.29) is 24.0 Å². The van der Waals surface area contributed by atoms with E-state index in [1.54, 1.807) is 0 Å². The van der Waals surface area contributed by atoms with Gasteiger partial charge in [-0.25, -0.2) is 0 Å². The van der Waals surface area contributed by atoms with Crippen LogP contribution in [0, 0.1) is 12.3 Å². The number of rotatable bonds is 6. The lowest BCUT2D eigenvalue weighted by Crippen LogP contribution is -2.37. The Morgan fingerprint density at radius 2 is 2.19 bits per heavy atom. The van der Waals surface area contributed by atoms with Gasteiger partial charge in [0, 0.05) is 32.6 Å². The molecule has 0 aliphatic carbocycles. The summed E-state index contributed by atoms with van der Waals surface area (Å²) in [5.74, 6) is 3.57. The third-order valence-corrected chi connectivity index (χ3v) is 3.23. The van der Waals surface area contributed by atoms with Crippen LogP contribution in [0.25, 0.3) is 0 Å². The average molecular weight is 406 g/mol. The van der Waals surface area contributed by atoms with E-state index in [0.29, 0.717) is 25.4 Å². The zero-order valence-electron chi connectivity index (χ0n) is 12.9. The first-order valence-corrected chi connectivity index (χ1v) is 7.51. The molecule has 6 heteroatoms. The van der Waals surface area contributed by atoms with Crippen LogP contribution in [0.1, 0.15) is 39.0 Å². The fraction of sp³-hybridized carbons (Fsp3) is 0.733. The Morgan fingerprint density at radius 3 is 2.90 bits per heavy atom. The second kappa shape index (κ2) is 12.7. The van der Waals surface area contributed by atoms with Crippen molar-refractivity contribution >= 4 is 35.8 Å². The molecule has 21 heavy (non-hydrogen) atoms. The molecule has 1 aliphatic rings. The van der Waals surface area contributed by atoms with E-state index >= 15 is 0 Å². The number of carbonyl (C=O) groups is 1. The number of hydrogen-bond donors (Lipinski definition) is 2. The summed E-state index contributed by atoms with van der Waals surface area (Å²) >= 11 is 0. The predicted molar refractivity (Wildman–Crippen MR) is 97.9 cm³/mol. The standard InChI is InChI=1S/C15H26N4O.HI/c1-3-10-17-15(16-4-2)18-11-8-13-19-12-7-5-6-9-14(19)20;/h1H,4-13H2,2H3,(H2,16,17,18);1H. The molecule has 0 spiro atoms. The van der Waals surface area contributed by atoms with Crippen molar-refractivity contribution in [1.82, 2.24) is 15.5 Å². The summed E-state index contributed by atoms with van der Waals surface area (Å²) in [6, 6.07) is 0. The van der Waals surface area contributed by atoms with Gasteiger partial charge in [0.2, 0.25) is 5.91 Å². The van der Waals surface area contributed by atoms with Gasteiger partial charge in [0.25, 0.3) is 0 Å². The summed E-state index contributed by atoms with van der Waals surface area (Å²) in [5, 5.41) is 6.19. The molecule has 0 bridgehead atoms. The molecule has 1 heterocycles. The molecule has 0 aromatic carbocycles. The molecule has 1 rings (SSSR count). The Morgan fingerprint density at radius 1 is 1.38 bits per heavy atom. The van der Waals surface area contributed by atoms with Gasteiger partial charge in [0.1, 0.15) is 0 Å². The largest absolute Gasteiger partial charge is 0.357 e. The van der Waals surface area contributed by atoms with E-state index < -0.39 is 0 Å². The van der Waals surface area contributed by atoms with Gasteiger partial charge in [-0.1, -0.05) is 12.3 Å². The molecule has 0 saturated carbocycles. The number of hydrogen-bond acceptors (Lipinski definition) is 2. The van der Waals surface area contributed by atoms with Gasteiger partial charge in [-0.05, 0) is 26.2 Å². The normalized spacial score (nSPS) is 15.7. The van der Waals surface area contributed by atoms with E-state index in [0.717, 1.165) is 44.9 Å². The number of guanidine groups is 1. The number of amides is 1. The number of halogens is 1. The Labute approximate surface area is 145 Å². The quantitative estimate of drug-likeness (QED) is 0.232. The summed E-state index contributed by atoms with van der Waals surface area (Å²) in [6.07, 6.45) is 10.1. The summed E-state index contributed by atoms with van der Waals surface area (Å²) in [4.78, 5) is 18.3. The molecule has 1 saturated heterocycles. The van der Waals surface area contributed by atoms with Crippen molar-refractivity contribution in [1.29, 1.82) is 0 Å². The topological polar surface area (TPSA) is 56.7 Å². The van der Waals surface area contributed by atoms with Gasteiger partial charge in [0.05, 0.1) is 6.54 Å². The van der Waals surface area contributed by atoms with Crippen molar-refractivity contribution in [3.05, 3.63) is 0 Å². The number of terminal acetylenes is 1.